The number of benzene rings is 1. The van der Waals surface area contributed by atoms with E-state index in [2.05, 4.69) is 6.07 Å². The summed E-state index contributed by atoms with van der Waals surface area (Å²) in [5, 5.41) is 9.82. The highest BCUT2D eigenvalue weighted by Gasteiger charge is 2.41. The molecule has 1 unspecified atom stereocenters. The summed E-state index contributed by atoms with van der Waals surface area (Å²) in [6.07, 6.45) is -0.533. The maximum atomic E-state index is 13.3. The Labute approximate surface area is 169 Å². The SMILES string of the molecule is CN1C(=C(C#N)C(=O)C2CSCN2C(=O)OC(C)(C)C)N(C)c2ccccc21. The summed E-state index contributed by atoms with van der Waals surface area (Å²) in [5.41, 5.74) is 1.24. The second-order valence-corrected chi connectivity index (χ2v) is 8.75. The van der Waals surface area contributed by atoms with E-state index in [0.717, 1.165) is 11.4 Å². The number of amides is 1. The first-order valence-electron chi connectivity index (χ1n) is 8.98. The maximum absolute atomic E-state index is 13.3. The summed E-state index contributed by atoms with van der Waals surface area (Å²) in [5.74, 6) is 0.969. The second-order valence-electron chi connectivity index (χ2n) is 7.75. The first-order valence-corrected chi connectivity index (χ1v) is 10.1. The molecule has 0 saturated carbocycles. The van der Waals surface area contributed by atoms with Crippen molar-refractivity contribution in [2.24, 2.45) is 0 Å². The van der Waals surface area contributed by atoms with Crippen molar-refractivity contribution in [3.8, 4) is 6.07 Å². The predicted octanol–water partition coefficient (Wildman–Crippen LogP) is 3.19. The average Bonchev–Trinajstić information content (AvgIpc) is 3.21. The fourth-order valence-electron chi connectivity index (χ4n) is 3.36. The Morgan fingerprint density at radius 3 is 2.25 bits per heavy atom. The van der Waals surface area contributed by atoms with E-state index < -0.39 is 17.7 Å². The molecule has 1 atom stereocenters. The van der Waals surface area contributed by atoms with E-state index in [-0.39, 0.29) is 11.4 Å². The van der Waals surface area contributed by atoms with Crippen LogP contribution in [0.25, 0.3) is 0 Å². The van der Waals surface area contributed by atoms with Gasteiger partial charge in [-0.15, -0.1) is 11.8 Å². The van der Waals surface area contributed by atoms with E-state index in [1.165, 1.54) is 16.7 Å². The maximum Gasteiger partial charge on any atom is 0.411 e. The van der Waals surface area contributed by atoms with Gasteiger partial charge in [-0.1, -0.05) is 12.1 Å². The van der Waals surface area contributed by atoms with Crippen LogP contribution in [0.2, 0.25) is 0 Å². The summed E-state index contributed by atoms with van der Waals surface area (Å²) < 4.78 is 5.44. The predicted molar refractivity (Wildman–Crippen MR) is 110 cm³/mol. The van der Waals surface area contributed by atoms with Crippen LogP contribution in [-0.4, -0.2) is 54.1 Å². The normalized spacial score (nSPS) is 18.8. The van der Waals surface area contributed by atoms with Gasteiger partial charge in [0, 0.05) is 19.8 Å². The lowest BCUT2D eigenvalue weighted by Crippen LogP contribution is -2.45. The Balaban J connectivity index is 1.93. The van der Waals surface area contributed by atoms with Crippen molar-refractivity contribution in [1.29, 1.82) is 5.26 Å². The van der Waals surface area contributed by atoms with Gasteiger partial charge in [-0.05, 0) is 32.9 Å². The summed E-state index contributed by atoms with van der Waals surface area (Å²) in [6, 6.07) is 9.08. The van der Waals surface area contributed by atoms with E-state index in [1.54, 1.807) is 20.8 Å². The molecule has 2 aliphatic rings. The van der Waals surface area contributed by atoms with E-state index >= 15 is 0 Å². The van der Waals surface area contributed by atoms with Crippen molar-refractivity contribution < 1.29 is 14.3 Å². The second kappa shape index (κ2) is 7.40. The highest BCUT2D eigenvalue weighted by Crippen LogP contribution is 2.41. The van der Waals surface area contributed by atoms with Gasteiger partial charge in [0.2, 0.25) is 5.78 Å². The molecule has 8 heteroatoms. The average molecular weight is 401 g/mol. The van der Waals surface area contributed by atoms with Crippen LogP contribution in [-0.2, 0) is 9.53 Å². The summed E-state index contributed by atoms with van der Waals surface area (Å²) >= 11 is 1.48. The molecule has 1 aromatic carbocycles. The van der Waals surface area contributed by atoms with Crippen molar-refractivity contribution in [2.75, 3.05) is 35.5 Å². The number of hydrogen-bond acceptors (Lipinski definition) is 7. The monoisotopic (exact) mass is 400 g/mol. The van der Waals surface area contributed by atoms with Gasteiger partial charge in [-0.25, -0.2) is 4.79 Å². The van der Waals surface area contributed by atoms with Crippen LogP contribution < -0.4 is 9.80 Å². The molecule has 3 rings (SSSR count). The van der Waals surface area contributed by atoms with E-state index in [1.807, 2.05) is 48.2 Å². The summed E-state index contributed by atoms with van der Waals surface area (Å²) in [6.45, 7) is 5.36. The standard InChI is InChI=1S/C20H24N4O3S/c1-20(2,3)27-19(26)24-12-28-11-16(24)17(25)13(10-21)18-22(4)14-8-6-7-9-15(14)23(18)5/h6-9,16H,11-12H2,1-5H3. The molecule has 2 heterocycles. The molecule has 1 saturated heterocycles. The minimum Gasteiger partial charge on any atom is -0.444 e. The number of carbonyl (C=O) groups excluding carboxylic acids is 2. The first kappa shape index (κ1) is 20.1. The van der Waals surface area contributed by atoms with Gasteiger partial charge in [0.1, 0.15) is 29.1 Å². The van der Waals surface area contributed by atoms with E-state index in [0.29, 0.717) is 17.5 Å². The molecule has 0 N–H and O–H groups in total. The topological polar surface area (TPSA) is 76.9 Å². The van der Waals surface area contributed by atoms with Crippen LogP contribution in [0.15, 0.2) is 35.7 Å². The molecular weight excluding hydrogens is 376 g/mol. The molecule has 7 nitrogen and oxygen atoms in total. The Kier molecular flexibility index (Phi) is 5.31. The van der Waals surface area contributed by atoms with Crippen molar-refractivity contribution in [3.05, 3.63) is 35.7 Å². The number of anilines is 2. The number of carbonyl (C=O) groups is 2. The molecule has 0 aromatic heterocycles. The van der Waals surface area contributed by atoms with Gasteiger partial charge in [0.25, 0.3) is 0 Å². The molecule has 0 bridgehead atoms. The van der Waals surface area contributed by atoms with Gasteiger partial charge in [-0.3, -0.25) is 9.69 Å². The largest absolute Gasteiger partial charge is 0.444 e. The summed E-state index contributed by atoms with van der Waals surface area (Å²) in [7, 11) is 3.66. The van der Waals surface area contributed by atoms with Crippen molar-refractivity contribution in [2.45, 2.75) is 32.4 Å². The van der Waals surface area contributed by atoms with Gasteiger partial charge in [0.05, 0.1) is 17.3 Å². The van der Waals surface area contributed by atoms with Crippen LogP contribution in [0.4, 0.5) is 16.2 Å². The molecule has 1 amide bonds. The zero-order chi connectivity index (χ0) is 20.6. The van der Waals surface area contributed by atoms with Gasteiger partial charge < -0.3 is 14.5 Å². The number of Topliss-reactive ketones (excluding diaryl/α,β-unsaturated/α-hetero) is 1. The van der Waals surface area contributed by atoms with Crippen molar-refractivity contribution in [1.82, 2.24) is 4.90 Å². The number of fused-ring (bicyclic) bond motifs is 1. The minimum absolute atomic E-state index is 0.0438. The minimum atomic E-state index is -0.715. The molecular formula is C20H24N4O3S. The lowest BCUT2D eigenvalue weighted by Gasteiger charge is -2.28. The van der Waals surface area contributed by atoms with Crippen LogP contribution >= 0.6 is 11.8 Å². The fraction of sp³-hybridized carbons (Fsp3) is 0.450. The highest BCUT2D eigenvalue weighted by molar-refractivity contribution is 7.99. The molecule has 0 radical (unpaired) electrons. The smallest absolute Gasteiger partial charge is 0.411 e. The molecule has 28 heavy (non-hydrogen) atoms. The molecule has 2 aliphatic heterocycles. The lowest BCUT2D eigenvalue weighted by molar-refractivity contribution is -0.119. The molecule has 0 aliphatic carbocycles. The third-order valence-corrected chi connectivity index (χ3v) is 5.65. The van der Waals surface area contributed by atoms with Crippen LogP contribution in [0.1, 0.15) is 20.8 Å². The fourth-order valence-corrected chi connectivity index (χ4v) is 4.50. The number of thioether (sulfide) groups is 1. The van der Waals surface area contributed by atoms with E-state index in [9.17, 15) is 14.9 Å². The van der Waals surface area contributed by atoms with Crippen molar-refractivity contribution in [3.63, 3.8) is 0 Å². The lowest BCUT2D eigenvalue weighted by atomic mass is 10.1. The number of rotatable bonds is 2. The van der Waals surface area contributed by atoms with Crippen molar-refractivity contribution >= 4 is 35.0 Å². The summed E-state index contributed by atoms with van der Waals surface area (Å²) in [4.78, 5) is 30.9. The third-order valence-electron chi connectivity index (χ3n) is 4.63. The number of ether oxygens (including phenoxy) is 1. The number of para-hydroxylation sites is 2. The van der Waals surface area contributed by atoms with Crippen LogP contribution in [0.3, 0.4) is 0 Å². The highest BCUT2D eigenvalue weighted by atomic mass is 32.2. The molecule has 1 aromatic rings. The zero-order valence-electron chi connectivity index (χ0n) is 16.7. The van der Waals surface area contributed by atoms with Gasteiger partial charge >= 0.3 is 6.09 Å². The Bertz CT molecular complexity index is 853. The number of hydrogen-bond donors (Lipinski definition) is 0. The molecule has 148 valence electrons. The van der Waals surface area contributed by atoms with Gasteiger partial charge in [0.15, 0.2) is 0 Å². The van der Waals surface area contributed by atoms with E-state index in [4.69, 9.17) is 4.74 Å². The molecule has 0 spiro atoms. The quantitative estimate of drug-likeness (QED) is 0.557. The third kappa shape index (κ3) is 3.54. The Morgan fingerprint density at radius 1 is 1.18 bits per heavy atom. The zero-order valence-corrected chi connectivity index (χ0v) is 17.5. The number of nitrogens with zero attached hydrogens (tertiary/aromatic N) is 4. The Morgan fingerprint density at radius 2 is 1.75 bits per heavy atom. The van der Waals surface area contributed by atoms with Gasteiger partial charge in [-0.2, -0.15) is 5.26 Å². The molecule has 1 fully saturated rings. The number of nitriles is 1. The first-order chi connectivity index (χ1) is 13.2. The van der Waals surface area contributed by atoms with Crippen LogP contribution in [0.5, 0.6) is 0 Å². The van der Waals surface area contributed by atoms with Crippen LogP contribution in [0, 0.1) is 11.3 Å². The Hall–Kier alpha value is -2.66. The number of ketones is 1.